The molecule has 1 aromatic carbocycles. The number of hydrogen-bond donors (Lipinski definition) is 1. The summed E-state index contributed by atoms with van der Waals surface area (Å²) in [7, 11) is 0. The highest BCUT2D eigenvalue weighted by Gasteiger charge is 2.16. The molecule has 0 fully saturated rings. The fourth-order valence-corrected chi connectivity index (χ4v) is 1.45. The summed E-state index contributed by atoms with van der Waals surface area (Å²) in [6.07, 6.45) is 0. The van der Waals surface area contributed by atoms with E-state index in [-0.39, 0.29) is 18.2 Å². The van der Waals surface area contributed by atoms with Crippen LogP contribution in [0.4, 0.5) is 5.69 Å². The summed E-state index contributed by atoms with van der Waals surface area (Å²) < 4.78 is 4.83. The maximum absolute atomic E-state index is 11.4. The van der Waals surface area contributed by atoms with E-state index in [2.05, 4.69) is 5.32 Å². The van der Waals surface area contributed by atoms with Gasteiger partial charge >= 0.3 is 5.97 Å². The van der Waals surface area contributed by atoms with Gasteiger partial charge in [-0.3, -0.25) is 14.9 Å². The van der Waals surface area contributed by atoms with E-state index < -0.39 is 11.0 Å². The quantitative estimate of drug-likeness (QED) is 0.473. The molecule has 0 aliphatic carbocycles. The first-order valence-electron chi connectivity index (χ1n) is 5.68. The number of rotatable bonds is 6. The van der Waals surface area contributed by atoms with Crippen molar-refractivity contribution < 1.29 is 14.5 Å². The van der Waals surface area contributed by atoms with Crippen molar-refractivity contribution in [2.75, 3.05) is 6.61 Å². The molecule has 0 amide bonds. The zero-order chi connectivity index (χ0) is 13.5. The Morgan fingerprint density at radius 3 is 2.78 bits per heavy atom. The molecule has 0 unspecified atom stereocenters. The maximum atomic E-state index is 11.4. The molecule has 0 spiro atoms. The van der Waals surface area contributed by atoms with Gasteiger partial charge in [0.1, 0.15) is 6.04 Å². The number of ether oxygens (including phenoxy) is 1. The van der Waals surface area contributed by atoms with Gasteiger partial charge in [0.25, 0.3) is 5.69 Å². The average molecular weight is 252 g/mol. The molecule has 6 heteroatoms. The van der Waals surface area contributed by atoms with Gasteiger partial charge in [0.15, 0.2) is 0 Å². The number of nitrogens with zero attached hydrogens (tertiary/aromatic N) is 1. The second-order valence-electron chi connectivity index (χ2n) is 3.74. The molecule has 0 saturated heterocycles. The summed E-state index contributed by atoms with van der Waals surface area (Å²) in [6, 6.07) is 5.93. The van der Waals surface area contributed by atoms with Gasteiger partial charge in [0, 0.05) is 18.2 Å². The first-order valence-corrected chi connectivity index (χ1v) is 5.68. The van der Waals surface area contributed by atoms with E-state index in [1.54, 1.807) is 32.0 Å². The summed E-state index contributed by atoms with van der Waals surface area (Å²) in [5.41, 5.74) is 0.583. The predicted molar refractivity (Wildman–Crippen MR) is 66.0 cm³/mol. The normalized spacial score (nSPS) is 11.9. The van der Waals surface area contributed by atoms with Crippen LogP contribution in [0.3, 0.4) is 0 Å². The number of nitrogens with one attached hydrogen (secondary N) is 1. The van der Waals surface area contributed by atoms with Crippen LogP contribution in [0.1, 0.15) is 19.4 Å². The maximum Gasteiger partial charge on any atom is 0.322 e. The molecule has 0 heterocycles. The Morgan fingerprint density at radius 2 is 2.17 bits per heavy atom. The molecule has 0 aromatic heterocycles. The fourth-order valence-electron chi connectivity index (χ4n) is 1.45. The molecule has 0 saturated carbocycles. The Bertz CT molecular complexity index is 434. The minimum atomic E-state index is -0.496. The summed E-state index contributed by atoms with van der Waals surface area (Å²) in [5, 5.41) is 13.7. The van der Waals surface area contributed by atoms with Gasteiger partial charge in [-0.15, -0.1) is 0 Å². The zero-order valence-corrected chi connectivity index (χ0v) is 10.4. The lowest BCUT2D eigenvalue weighted by Crippen LogP contribution is -2.35. The molecule has 0 aliphatic rings. The van der Waals surface area contributed by atoms with Crippen LogP contribution in [-0.4, -0.2) is 23.5 Å². The lowest BCUT2D eigenvalue weighted by molar-refractivity contribution is -0.385. The molecule has 1 aromatic rings. The van der Waals surface area contributed by atoms with Crippen LogP contribution in [0, 0.1) is 10.1 Å². The smallest absolute Gasteiger partial charge is 0.322 e. The Morgan fingerprint density at radius 1 is 1.50 bits per heavy atom. The summed E-state index contributed by atoms with van der Waals surface area (Å²) in [6.45, 7) is 3.95. The lowest BCUT2D eigenvalue weighted by atomic mass is 10.1. The number of nitro benzene ring substituents is 1. The fraction of sp³-hybridized carbons (Fsp3) is 0.417. The van der Waals surface area contributed by atoms with E-state index >= 15 is 0 Å². The molecule has 6 nitrogen and oxygen atoms in total. The molecular weight excluding hydrogens is 236 g/mol. The van der Waals surface area contributed by atoms with Crippen LogP contribution in [0.25, 0.3) is 0 Å². The van der Waals surface area contributed by atoms with Gasteiger partial charge < -0.3 is 10.1 Å². The minimum absolute atomic E-state index is 0.0426. The third-order valence-corrected chi connectivity index (χ3v) is 2.43. The van der Waals surface area contributed by atoms with E-state index in [1.165, 1.54) is 6.07 Å². The van der Waals surface area contributed by atoms with Crippen LogP contribution >= 0.6 is 0 Å². The predicted octanol–water partition coefficient (Wildman–Crippen LogP) is 1.64. The van der Waals surface area contributed by atoms with Crippen molar-refractivity contribution in [3.63, 3.8) is 0 Å². The van der Waals surface area contributed by atoms with E-state index in [1.807, 2.05) is 0 Å². The molecule has 0 bridgehead atoms. The second-order valence-corrected chi connectivity index (χ2v) is 3.74. The van der Waals surface area contributed by atoms with Gasteiger partial charge in [0.05, 0.1) is 11.5 Å². The number of carbonyl (C=O) groups excluding carboxylic acids is 1. The molecule has 98 valence electrons. The SMILES string of the molecule is CCOC(=O)[C@@H](C)NCc1ccccc1[N+](=O)[O-]. The van der Waals surface area contributed by atoms with E-state index in [4.69, 9.17) is 4.74 Å². The molecule has 0 aliphatic heterocycles. The van der Waals surface area contributed by atoms with E-state index in [0.717, 1.165) is 0 Å². The molecule has 18 heavy (non-hydrogen) atoms. The van der Waals surface area contributed by atoms with Crippen molar-refractivity contribution in [2.24, 2.45) is 0 Å². The highest BCUT2D eigenvalue weighted by atomic mass is 16.6. The molecule has 1 rings (SSSR count). The van der Waals surface area contributed by atoms with Crippen LogP contribution < -0.4 is 5.32 Å². The molecule has 1 atom stereocenters. The number of hydrogen-bond acceptors (Lipinski definition) is 5. The molecule has 1 N–H and O–H groups in total. The minimum Gasteiger partial charge on any atom is -0.465 e. The van der Waals surface area contributed by atoms with Crippen LogP contribution in [0.5, 0.6) is 0 Å². The first-order chi connectivity index (χ1) is 8.56. The van der Waals surface area contributed by atoms with Crippen molar-refractivity contribution in [1.82, 2.24) is 5.32 Å². The van der Waals surface area contributed by atoms with E-state index in [0.29, 0.717) is 12.2 Å². The molecule has 0 radical (unpaired) electrons. The summed E-state index contributed by atoms with van der Waals surface area (Å²) >= 11 is 0. The monoisotopic (exact) mass is 252 g/mol. The van der Waals surface area contributed by atoms with Crippen LogP contribution in [-0.2, 0) is 16.1 Å². The average Bonchev–Trinajstić information content (AvgIpc) is 2.36. The van der Waals surface area contributed by atoms with Crippen molar-refractivity contribution in [3.05, 3.63) is 39.9 Å². The lowest BCUT2D eigenvalue weighted by Gasteiger charge is -2.12. The molecular formula is C12H16N2O4. The Balaban J connectivity index is 2.63. The van der Waals surface area contributed by atoms with Gasteiger partial charge in [-0.1, -0.05) is 18.2 Å². The number of nitro groups is 1. The highest BCUT2D eigenvalue weighted by Crippen LogP contribution is 2.17. The van der Waals surface area contributed by atoms with Crippen molar-refractivity contribution >= 4 is 11.7 Å². The summed E-state index contributed by atoms with van der Waals surface area (Å²) in [4.78, 5) is 21.7. The topological polar surface area (TPSA) is 81.5 Å². The summed E-state index contributed by atoms with van der Waals surface area (Å²) in [5.74, 6) is -0.365. The van der Waals surface area contributed by atoms with Crippen LogP contribution in [0.15, 0.2) is 24.3 Å². The first kappa shape index (κ1) is 14.1. The highest BCUT2D eigenvalue weighted by molar-refractivity contribution is 5.75. The largest absolute Gasteiger partial charge is 0.465 e. The van der Waals surface area contributed by atoms with Crippen molar-refractivity contribution in [1.29, 1.82) is 0 Å². The Kier molecular flexibility index (Phi) is 5.26. The zero-order valence-electron chi connectivity index (χ0n) is 10.4. The third kappa shape index (κ3) is 3.81. The number of para-hydroxylation sites is 1. The van der Waals surface area contributed by atoms with Gasteiger partial charge in [0.2, 0.25) is 0 Å². The standard InChI is InChI=1S/C12H16N2O4/c1-3-18-12(15)9(2)13-8-10-6-4-5-7-11(10)14(16)17/h4-7,9,13H,3,8H2,1-2H3/t9-/m1/s1. The van der Waals surface area contributed by atoms with E-state index in [9.17, 15) is 14.9 Å². The van der Waals surface area contributed by atoms with Crippen molar-refractivity contribution in [2.45, 2.75) is 26.4 Å². The number of carbonyl (C=O) groups is 1. The number of esters is 1. The third-order valence-electron chi connectivity index (χ3n) is 2.43. The Labute approximate surface area is 105 Å². The Hall–Kier alpha value is -1.95. The van der Waals surface area contributed by atoms with Gasteiger partial charge in [-0.05, 0) is 13.8 Å². The van der Waals surface area contributed by atoms with Gasteiger partial charge in [-0.25, -0.2) is 0 Å². The second kappa shape index (κ2) is 6.70. The van der Waals surface area contributed by atoms with Crippen LogP contribution in [0.2, 0.25) is 0 Å². The van der Waals surface area contributed by atoms with Crippen molar-refractivity contribution in [3.8, 4) is 0 Å². The van der Waals surface area contributed by atoms with Gasteiger partial charge in [-0.2, -0.15) is 0 Å². The number of benzene rings is 1.